The van der Waals surface area contributed by atoms with E-state index in [1.807, 2.05) is 19.1 Å². The van der Waals surface area contributed by atoms with E-state index in [1.54, 1.807) is 0 Å². The number of hydrogen-bond donors (Lipinski definition) is 2. The minimum atomic E-state index is 0.0675. The Hall–Kier alpha value is -1.51. The Morgan fingerprint density at radius 1 is 1.21 bits per heavy atom. The predicted octanol–water partition coefficient (Wildman–Crippen LogP) is 4.09. The molecule has 0 aliphatic heterocycles. The normalized spacial score (nSPS) is 16.1. The fourth-order valence-electron chi connectivity index (χ4n) is 2.63. The Balaban J connectivity index is 2.07. The molecule has 0 unspecified atom stereocenters. The fourth-order valence-corrected chi connectivity index (χ4v) is 2.63. The quantitative estimate of drug-likeness (QED) is 0.856. The van der Waals surface area contributed by atoms with Crippen LogP contribution in [0.1, 0.15) is 51.0 Å². The van der Waals surface area contributed by atoms with Crippen LogP contribution in [0.25, 0.3) is 0 Å². The molecule has 19 heavy (non-hydrogen) atoms. The van der Waals surface area contributed by atoms with Gasteiger partial charge in [-0.05, 0) is 37.5 Å². The molecule has 1 amide bonds. The molecule has 0 spiro atoms. The van der Waals surface area contributed by atoms with Gasteiger partial charge in [0.05, 0.1) is 0 Å². The summed E-state index contributed by atoms with van der Waals surface area (Å²) >= 11 is 0. The second-order valence-corrected chi connectivity index (χ2v) is 5.36. The summed E-state index contributed by atoms with van der Waals surface area (Å²) in [5.41, 5.74) is 3.21. The summed E-state index contributed by atoms with van der Waals surface area (Å²) in [4.78, 5) is 11.5. The molecular formula is C16H24N2O. The van der Waals surface area contributed by atoms with Gasteiger partial charge in [-0.1, -0.05) is 32.3 Å². The van der Waals surface area contributed by atoms with E-state index < -0.39 is 0 Å². The Bertz CT molecular complexity index is 436. The molecule has 0 aromatic heterocycles. The minimum Gasteiger partial charge on any atom is -0.382 e. The van der Waals surface area contributed by atoms with Crippen molar-refractivity contribution < 1.29 is 4.79 Å². The molecule has 1 saturated carbocycles. The van der Waals surface area contributed by atoms with E-state index in [1.165, 1.54) is 32.1 Å². The Morgan fingerprint density at radius 2 is 1.89 bits per heavy atom. The molecule has 0 bridgehead atoms. The van der Waals surface area contributed by atoms with Gasteiger partial charge in [-0.15, -0.1) is 0 Å². The summed E-state index contributed by atoms with van der Waals surface area (Å²) in [7, 11) is 0. The molecule has 1 aromatic rings. The van der Waals surface area contributed by atoms with Crippen LogP contribution < -0.4 is 10.6 Å². The molecule has 2 rings (SSSR count). The number of rotatable bonds is 4. The topological polar surface area (TPSA) is 41.1 Å². The van der Waals surface area contributed by atoms with Crippen molar-refractivity contribution in [2.45, 2.75) is 58.4 Å². The van der Waals surface area contributed by atoms with E-state index in [-0.39, 0.29) is 5.91 Å². The average molecular weight is 260 g/mol. The maximum absolute atomic E-state index is 11.5. The molecule has 1 aliphatic carbocycles. The number of carbonyl (C=O) groups is 1. The van der Waals surface area contributed by atoms with Gasteiger partial charge in [-0.25, -0.2) is 0 Å². The third kappa shape index (κ3) is 3.72. The van der Waals surface area contributed by atoms with Gasteiger partial charge in [0.25, 0.3) is 0 Å². The highest BCUT2D eigenvalue weighted by Gasteiger charge is 2.14. The fraction of sp³-hybridized carbons (Fsp3) is 0.562. The number of nitrogens with one attached hydrogen (secondary N) is 2. The molecule has 3 heteroatoms. The zero-order chi connectivity index (χ0) is 13.7. The Morgan fingerprint density at radius 3 is 2.58 bits per heavy atom. The standard InChI is InChI=1S/C16H24N2O/c1-3-16(19)18-15-11-7-10-14(12(15)2)17-13-8-5-4-6-9-13/h7,10-11,13,17H,3-6,8-9H2,1-2H3,(H,18,19). The minimum absolute atomic E-state index is 0.0675. The molecule has 1 fully saturated rings. The van der Waals surface area contributed by atoms with Crippen LogP contribution in [0.3, 0.4) is 0 Å². The van der Waals surface area contributed by atoms with Crippen molar-refractivity contribution in [1.82, 2.24) is 0 Å². The first-order valence-electron chi connectivity index (χ1n) is 7.36. The summed E-state index contributed by atoms with van der Waals surface area (Å²) in [6.07, 6.45) is 7.03. The van der Waals surface area contributed by atoms with E-state index in [9.17, 15) is 4.79 Å². The van der Waals surface area contributed by atoms with Gasteiger partial charge in [0.1, 0.15) is 0 Å². The maximum Gasteiger partial charge on any atom is 0.224 e. The number of hydrogen-bond acceptors (Lipinski definition) is 2. The zero-order valence-corrected chi connectivity index (χ0v) is 12.0. The Kier molecular flexibility index (Phi) is 4.83. The van der Waals surface area contributed by atoms with Crippen LogP contribution in [0.5, 0.6) is 0 Å². The molecule has 1 aromatic carbocycles. The smallest absolute Gasteiger partial charge is 0.224 e. The molecular weight excluding hydrogens is 236 g/mol. The summed E-state index contributed by atoms with van der Waals surface area (Å²) in [5, 5.41) is 6.59. The van der Waals surface area contributed by atoms with Gasteiger partial charge < -0.3 is 10.6 Å². The molecule has 104 valence electrons. The van der Waals surface area contributed by atoms with Crippen LogP contribution in [0.2, 0.25) is 0 Å². The molecule has 2 N–H and O–H groups in total. The molecule has 3 nitrogen and oxygen atoms in total. The summed E-state index contributed by atoms with van der Waals surface area (Å²) in [5.74, 6) is 0.0675. The lowest BCUT2D eigenvalue weighted by Crippen LogP contribution is -2.23. The van der Waals surface area contributed by atoms with Crippen LogP contribution in [-0.2, 0) is 4.79 Å². The van der Waals surface area contributed by atoms with Gasteiger partial charge in [0, 0.05) is 23.8 Å². The first kappa shape index (κ1) is 13.9. The van der Waals surface area contributed by atoms with Crippen LogP contribution in [0.4, 0.5) is 11.4 Å². The molecule has 0 atom stereocenters. The van der Waals surface area contributed by atoms with Crippen LogP contribution in [-0.4, -0.2) is 11.9 Å². The van der Waals surface area contributed by atoms with Crippen molar-refractivity contribution in [3.63, 3.8) is 0 Å². The number of anilines is 2. The van der Waals surface area contributed by atoms with Crippen LogP contribution >= 0.6 is 0 Å². The summed E-state index contributed by atoms with van der Waals surface area (Å²) in [6.45, 7) is 3.94. The third-order valence-electron chi connectivity index (χ3n) is 3.89. The lowest BCUT2D eigenvalue weighted by molar-refractivity contribution is -0.115. The first-order valence-corrected chi connectivity index (χ1v) is 7.36. The Labute approximate surface area is 115 Å². The van der Waals surface area contributed by atoms with Gasteiger partial charge in [0.2, 0.25) is 5.91 Å². The highest BCUT2D eigenvalue weighted by Crippen LogP contribution is 2.27. The van der Waals surface area contributed by atoms with E-state index in [0.29, 0.717) is 12.5 Å². The SMILES string of the molecule is CCC(=O)Nc1cccc(NC2CCCCC2)c1C. The predicted molar refractivity (Wildman–Crippen MR) is 80.6 cm³/mol. The number of benzene rings is 1. The second-order valence-electron chi connectivity index (χ2n) is 5.36. The van der Waals surface area contributed by atoms with Gasteiger partial charge in [-0.3, -0.25) is 4.79 Å². The van der Waals surface area contributed by atoms with Crippen molar-refractivity contribution in [2.24, 2.45) is 0 Å². The van der Waals surface area contributed by atoms with Crippen molar-refractivity contribution >= 4 is 17.3 Å². The van der Waals surface area contributed by atoms with Crippen LogP contribution in [0.15, 0.2) is 18.2 Å². The molecule has 0 saturated heterocycles. The van der Waals surface area contributed by atoms with Gasteiger partial charge in [0.15, 0.2) is 0 Å². The lowest BCUT2D eigenvalue weighted by Gasteiger charge is -2.25. The highest BCUT2D eigenvalue weighted by molar-refractivity contribution is 5.92. The summed E-state index contributed by atoms with van der Waals surface area (Å²) in [6, 6.07) is 6.66. The summed E-state index contributed by atoms with van der Waals surface area (Å²) < 4.78 is 0. The third-order valence-corrected chi connectivity index (χ3v) is 3.89. The van der Waals surface area contributed by atoms with Crippen LogP contribution in [0, 0.1) is 6.92 Å². The lowest BCUT2D eigenvalue weighted by atomic mass is 9.95. The van der Waals surface area contributed by atoms with E-state index in [2.05, 4.69) is 23.6 Å². The first-order chi connectivity index (χ1) is 9.20. The van der Waals surface area contributed by atoms with Gasteiger partial charge in [-0.2, -0.15) is 0 Å². The van der Waals surface area contributed by atoms with E-state index >= 15 is 0 Å². The molecule has 1 aliphatic rings. The van der Waals surface area contributed by atoms with Crippen molar-refractivity contribution in [1.29, 1.82) is 0 Å². The van der Waals surface area contributed by atoms with Crippen molar-refractivity contribution in [2.75, 3.05) is 10.6 Å². The number of amides is 1. The van der Waals surface area contributed by atoms with E-state index in [4.69, 9.17) is 0 Å². The number of carbonyl (C=O) groups excluding carboxylic acids is 1. The second kappa shape index (κ2) is 6.60. The molecule has 0 heterocycles. The van der Waals surface area contributed by atoms with Crippen molar-refractivity contribution in [3.05, 3.63) is 23.8 Å². The highest BCUT2D eigenvalue weighted by atomic mass is 16.1. The monoisotopic (exact) mass is 260 g/mol. The largest absolute Gasteiger partial charge is 0.382 e. The van der Waals surface area contributed by atoms with Gasteiger partial charge >= 0.3 is 0 Å². The average Bonchev–Trinajstić information content (AvgIpc) is 2.44. The van der Waals surface area contributed by atoms with E-state index in [0.717, 1.165) is 16.9 Å². The maximum atomic E-state index is 11.5. The zero-order valence-electron chi connectivity index (χ0n) is 12.0. The van der Waals surface area contributed by atoms with Crippen molar-refractivity contribution in [3.8, 4) is 0 Å². The molecule has 0 radical (unpaired) electrons.